The highest BCUT2D eigenvalue weighted by Crippen LogP contribution is 2.24. The van der Waals surface area contributed by atoms with Crippen molar-refractivity contribution in [3.8, 4) is 0 Å². The number of sulfone groups is 1. The van der Waals surface area contributed by atoms with Crippen molar-refractivity contribution in [1.82, 2.24) is 14.8 Å². The van der Waals surface area contributed by atoms with E-state index in [1.807, 2.05) is 49.4 Å². The minimum absolute atomic E-state index is 0.125. The number of carbonyl (C=O) groups is 1. The van der Waals surface area contributed by atoms with Crippen LogP contribution >= 0.6 is 11.8 Å². The van der Waals surface area contributed by atoms with Crippen LogP contribution < -0.4 is 5.32 Å². The van der Waals surface area contributed by atoms with Crippen molar-refractivity contribution in [3.05, 3.63) is 78.1 Å². The number of rotatable bonds is 7. The van der Waals surface area contributed by atoms with Crippen LogP contribution in [0.25, 0.3) is 10.8 Å². The van der Waals surface area contributed by atoms with E-state index < -0.39 is 9.84 Å². The molecular formula is C23H22N4O3S2. The van der Waals surface area contributed by atoms with Gasteiger partial charge in [0.15, 0.2) is 15.0 Å². The molecule has 1 heterocycles. The third kappa shape index (κ3) is 4.84. The first-order valence-electron chi connectivity index (χ1n) is 9.91. The van der Waals surface area contributed by atoms with Crippen molar-refractivity contribution in [2.45, 2.75) is 22.7 Å². The quantitative estimate of drug-likeness (QED) is 0.414. The van der Waals surface area contributed by atoms with Crippen LogP contribution in [-0.4, -0.2) is 34.8 Å². The zero-order chi connectivity index (χ0) is 22.7. The topological polar surface area (TPSA) is 94.0 Å². The van der Waals surface area contributed by atoms with Crippen LogP contribution in [0.5, 0.6) is 0 Å². The number of nitrogens with one attached hydrogen (secondary N) is 1. The summed E-state index contributed by atoms with van der Waals surface area (Å²) in [5.41, 5.74) is 1.74. The summed E-state index contributed by atoms with van der Waals surface area (Å²) in [7, 11) is -1.84. The molecule has 4 aromatic rings. The Morgan fingerprint density at radius 1 is 1.00 bits per heavy atom. The molecule has 1 N–H and O–H groups in total. The number of hydrogen-bond acceptors (Lipinski definition) is 6. The first-order valence-corrected chi connectivity index (χ1v) is 12.6. The van der Waals surface area contributed by atoms with E-state index in [4.69, 9.17) is 0 Å². The SMILES string of the molecule is Cc1ccc(S(=O)(=O)Cc2nnc(SCC(=O)Nc3cccc4ccccc34)n2C)cc1. The predicted molar refractivity (Wildman–Crippen MR) is 126 cm³/mol. The summed E-state index contributed by atoms with van der Waals surface area (Å²) in [4.78, 5) is 12.7. The van der Waals surface area contributed by atoms with Gasteiger partial charge in [-0.25, -0.2) is 8.42 Å². The molecule has 0 saturated heterocycles. The van der Waals surface area contributed by atoms with Crippen molar-refractivity contribution in [1.29, 1.82) is 0 Å². The molecule has 7 nitrogen and oxygen atoms in total. The Kier molecular flexibility index (Phi) is 6.29. The number of aryl methyl sites for hydroxylation is 1. The van der Waals surface area contributed by atoms with Gasteiger partial charge >= 0.3 is 0 Å². The summed E-state index contributed by atoms with van der Waals surface area (Å²) in [6, 6.07) is 20.3. The molecule has 0 aliphatic rings. The summed E-state index contributed by atoms with van der Waals surface area (Å²) in [6.07, 6.45) is 0. The minimum atomic E-state index is -3.54. The molecule has 164 valence electrons. The summed E-state index contributed by atoms with van der Waals surface area (Å²) in [5.74, 6) is 0.00750. The van der Waals surface area contributed by atoms with Gasteiger partial charge in [-0.05, 0) is 30.5 Å². The number of fused-ring (bicyclic) bond motifs is 1. The van der Waals surface area contributed by atoms with E-state index in [2.05, 4.69) is 15.5 Å². The van der Waals surface area contributed by atoms with Gasteiger partial charge in [-0.2, -0.15) is 0 Å². The first-order chi connectivity index (χ1) is 15.3. The monoisotopic (exact) mass is 466 g/mol. The maximum Gasteiger partial charge on any atom is 0.234 e. The number of carbonyl (C=O) groups excluding carboxylic acids is 1. The zero-order valence-electron chi connectivity index (χ0n) is 17.6. The Bertz CT molecular complexity index is 1370. The van der Waals surface area contributed by atoms with Crippen LogP contribution in [0, 0.1) is 6.92 Å². The number of thioether (sulfide) groups is 1. The van der Waals surface area contributed by atoms with E-state index in [0.29, 0.717) is 11.0 Å². The fourth-order valence-corrected chi connectivity index (χ4v) is 5.28. The summed E-state index contributed by atoms with van der Waals surface area (Å²) < 4.78 is 27.0. The molecule has 1 amide bonds. The molecule has 0 radical (unpaired) electrons. The van der Waals surface area contributed by atoms with Gasteiger partial charge in [-0.15, -0.1) is 10.2 Å². The van der Waals surface area contributed by atoms with E-state index in [9.17, 15) is 13.2 Å². The Morgan fingerprint density at radius 3 is 2.50 bits per heavy atom. The normalized spacial score (nSPS) is 11.6. The van der Waals surface area contributed by atoms with Gasteiger partial charge in [0.2, 0.25) is 5.91 Å². The smallest absolute Gasteiger partial charge is 0.234 e. The van der Waals surface area contributed by atoms with Crippen LogP contribution in [0.4, 0.5) is 5.69 Å². The Labute approximate surface area is 190 Å². The Balaban J connectivity index is 1.41. The molecule has 1 aromatic heterocycles. The number of benzene rings is 3. The highest BCUT2D eigenvalue weighted by atomic mass is 32.2. The van der Waals surface area contributed by atoms with Crippen LogP contribution in [-0.2, 0) is 27.4 Å². The van der Waals surface area contributed by atoms with Gasteiger partial charge in [-0.3, -0.25) is 4.79 Å². The van der Waals surface area contributed by atoms with Gasteiger partial charge in [0.25, 0.3) is 0 Å². The van der Waals surface area contributed by atoms with E-state index in [1.165, 1.54) is 11.8 Å². The Hall–Kier alpha value is -3.17. The van der Waals surface area contributed by atoms with E-state index in [0.717, 1.165) is 22.0 Å². The standard InChI is InChI=1S/C23H22N4O3S2/c1-16-10-12-18(13-11-16)32(29,30)15-21-25-26-23(27(21)2)31-14-22(28)24-20-9-5-7-17-6-3-4-8-19(17)20/h3-13H,14-15H2,1-2H3,(H,24,28). The highest BCUT2D eigenvalue weighted by Gasteiger charge is 2.20. The predicted octanol–water partition coefficient (Wildman–Crippen LogP) is 3.98. The second-order valence-electron chi connectivity index (χ2n) is 7.39. The molecule has 0 fully saturated rings. The average Bonchev–Trinajstić information content (AvgIpc) is 3.11. The lowest BCUT2D eigenvalue weighted by Crippen LogP contribution is -2.15. The van der Waals surface area contributed by atoms with Gasteiger partial charge in [0.05, 0.1) is 10.6 Å². The van der Waals surface area contributed by atoms with Gasteiger partial charge in [0.1, 0.15) is 11.6 Å². The van der Waals surface area contributed by atoms with Crippen molar-refractivity contribution in [2.75, 3.05) is 11.1 Å². The van der Waals surface area contributed by atoms with E-state index >= 15 is 0 Å². The maximum atomic E-state index is 12.7. The van der Waals surface area contributed by atoms with Gasteiger partial charge in [-0.1, -0.05) is 65.9 Å². The van der Waals surface area contributed by atoms with Crippen molar-refractivity contribution in [3.63, 3.8) is 0 Å². The summed E-state index contributed by atoms with van der Waals surface area (Å²) >= 11 is 1.21. The number of amides is 1. The highest BCUT2D eigenvalue weighted by molar-refractivity contribution is 7.99. The lowest BCUT2D eigenvalue weighted by Gasteiger charge is -2.09. The molecule has 4 rings (SSSR count). The minimum Gasteiger partial charge on any atom is -0.325 e. The molecule has 0 spiro atoms. The lowest BCUT2D eigenvalue weighted by atomic mass is 10.1. The molecule has 0 atom stereocenters. The number of nitrogens with zero attached hydrogens (tertiary/aromatic N) is 3. The summed E-state index contributed by atoms with van der Waals surface area (Å²) in [5, 5.41) is 13.5. The van der Waals surface area contributed by atoms with Gasteiger partial charge < -0.3 is 9.88 Å². The first kappa shape index (κ1) is 22.0. The number of anilines is 1. The molecule has 3 aromatic carbocycles. The molecule has 0 bridgehead atoms. The average molecular weight is 467 g/mol. The van der Waals surface area contributed by atoms with Crippen molar-refractivity contribution in [2.24, 2.45) is 7.05 Å². The maximum absolute atomic E-state index is 12.7. The molecule has 0 saturated carbocycles. The van der Waals surface area contributed by atoms with Gasteiger partial charge in [0, 0.05) is 18.1 Å². The van der Waals surface area contributed by atoms with E-state index in [1.54, 1.807) is 35.9 Å². The fraction of sp³-hybridized carbons (Fsp3) is 0.174. The lowest BCUT2D eigenvalue weighted by molar-refractivity contribution is -0.113. The second kappa shape index (κ2) is 9.13. The number of hydrogen-bond donors (Lipinski definition) is 1. The van der Waals surface area contributed by atoms with E-state index in [-0.39, 0.29) is 22.3 Å². The third-order valence-electron chi connectivity index (χ3n) is 5.02. The third-order valence-corrected chi connectivity index (χ3v) is 7.67. The van der Waals surface area contributed by atoms with Crippen LogP contribution in [0.3, 0.4) is 0 Å². The Morgan fingerprint density at radius 2 is 1.72 bits per heavy atom. The number of aromatic nitrogens is 3. The largest absolute Gasteiger partial charge is 0.325 e. The molecule has 0 aliphatic carbocycles. The van der Waals surface area contributed by atoms with Crippen LogP contribution in [0.1, 0.15) is 11.4 Å². The van der Waals surface area contributed by atoms with Crippen LogP contribution in [0.2, 0.25) is 0 Å². The van der Waals surface area contributed by atoms with Crippen molar-refractivity contribution >= 4 is 44.0 Å². The van der Waals surface area contributed by atoms with Crippen molar-refractivity contribution < 1.29 is 13.2 Å². The molecule has 0 aliphatic heterocycles. The molecule has 32 heavy (non-hydrogen) atoms. The molecule has 9 heteroatoms. The molecule has 0 unspecified atom stereocenters. The summed E-state index contributed by atoms with van der Waals surface area (Å²) in [6.45, 7) is 1.90. The van der Waals surface area contributed by atoms with Crippen LogP contribution in [0.15, 0.2) is 76.8 Å². The second-order valence-corrected chi connectivity index (χ2v) is 10.3. The molecular weight excluding hydrogens is 444 g/mol. The fourth-order valence-electron chi connectivity index (χ4n) is 3.25. The zero-order valence-corrected chi connectivity index (χ0v) is 19.3.